The minimum Gasteiger partial charge on any atom is -0.339 e. The molecule has 1 atom stereocenters. The van der Waals surface area contributed by atoms with E-state index >= 15 is 0 Å². The molecule has 1 unspecified atom stereocenters. The van der Waals surface area contributed by atoms with Crippen LogP contribution in [0.4, 0.5) is 0 Å². The molecule has 0 bridgehead atoms. The van der Waals surface area contributed by atoms with Crippen LogP contribution in [0.25, 0.3) is 0 Å². The van der Waals surface area contributed by atoms with Crippen molar-refractivity contribution >= 4 is 21.6 Å². The number of sulfonamides is 1. The van der Waals surface area contributed by atoms with Crippen molar-refractivity contribution in [2.24, 2.45) is 7.05 Å². The molecule has 0 N–H and O–H groups in total. The standard InChI is InChI=1S/C16H20ClN3O2S/c1-19-11-16(18-12-19)23(21,22)20-9-3-2-4-14(10-20)13-5-7-15(17)8-6-13/h5-8,11-12,14H,2-4,9-10H2,1H3. The van der Waals surface area contributed by atoms with Gasteiger partial charge >= 0.3 is 0 Å². The fourth-order valence-corrected chi connectivity index (χ4v) is 4.60. The zero-order valence-electron chi connectivity index (χ0n) is 13.0. The summed E-state index contributed by atoms with van der Waals surface area (Å²) in [5, 5.41) is 0.817. The monoisotopic (exact) mass is 353 g/mol. The topological polar surface area (TPSA) is 55.2 Å². The summed E-state index contributed by atoms with van der Waals surface area (Å²) in [4.78, 5) is 4.02. The molecule has 1 aromatic carbocycles. The largest absolute Gasteiger partial charge is 0.339 e. The molecule has 1 saturated heterocycles. The van der Waals surface area contributed by atoms with Crippen molar-refractivity contribution in [3.05, 3.63) is 47.4 Å². The molecule has 0 amide bonds. The molecule has 0 saturated carbocycles. The van der Waals surface area contributed by atoms with Crippen molar-refractivity contribution in [3.8, 4) is 0 Å². The summed E-state index contributed by atoms with van der Waals surface area (Å²) in [6, 6.07) is 7.70. The van der Waals surface area contributed by atoms with Crippen molar-refractivity contribution in [3.63, 3.8) is 0 Å². The van der Waals surface area contributed by atoms with E-state index in [1.54, 1.807) is 22.1 Å². The Morgan fingerprint density at radius 3 is 2.61 bits per heavy atom. The van der Waals surface area contributed by atoms with E-state index in [9.17, 15) is 8.42 Å². The molecule has 5 nitrogen and oxygen atoms in total. The number of hydrogen-bond donors (Lipinski definition) is 0. The second-order valence-corrected chi connectivity index (χ2v) is 8.31. The quantitative estimate of drug-likeness (QED) is 0.852. The lowest BCUT2D eigenvalue weighted by Crippen LogP contribution is -2.34. The molecule has 1 fully saturated rings. The van der Waals surface area contributed by atoms with Gasteiger partial charge in [0, 0.05) is 31.4 Å². The van der Waals surface area contributed by atoms with Crippen LogP contribution in [0.1, 0.15) is 30.7 Å². The Labute approximate surface area is 141 Å². The fraction of sp³-hybridized carbons (Fsp3) is 0.438. The molecule has 2 aromatic rings. The summed E-state index contributed by atoms with van der Waals surface area (Å²) in [5.41, 5.74) is 1.14. The van der Waals surface area contributed by atoms with E-state index in [0.717, 1.165) is 24.8 Å². The van der Waals surface area contributed by atoms with Gasteiger partial charge in [-0.15, -0.1) is 0 Å². The summed E-state index contributed by atoms with van der Waals surface area (Å²) in [5.74, 6) is 0.188. The predicted molar refractivity (Wildman–Crippen MR) is 90.0 cm³/mol. The average Bonchev–Trinajstić information content (AvgIpc) is 2.82. The number of aryl methyl sites for hydroxylation is 1. The SMILES string of the molecule is Cn1cnc(S(=O)(=O)N2CCCCC(c3ccc(Cl)cc3)C2)c1. The van der Waals surface area contributed by atoms with Crippen molar-refractivity contribution in [1.29, 1.82) is 0 Å². The summed E-state index contributed by atoms with van der Waals surface area (Å²) >= 11 is 5.95. The highest BCUT2D eigenvalue weighted by atomic mass is 35.5. The third kappa shape index (κ3) is 3.59. The third-order valence-corrected chi connectivity index (χ3v) is 6.26. The van der Waals surface area contributed by atoms with Crippen LogP contribution in [-0.2, 0) is 17.1 Å². The molecule has 2 heterocycles. The Balaban J connectivity index is 1.86. The van der Waals surface area contributed by atoms with Crippen LogP contribution < -0.4 is 0 Å². The van der Waals surface area contributed by atoms with Crippen molar-refractivity contribution in [1.82, 2.24) is 13.9 Å². The molecular weight excluding hydrogens is 334 g/mol. The van der Waals surface area contributed by atoms with Crippen LogP contribution in [-0.4, -0.2) is 35.4 Å². The highest BCUT2D eigenvalue weighted by Gasteiger charge is 2.30. The third-order valence-electron chi connectivity index (χ3n) is 4.26. The normalized spacial score (nSPS) is 20.3. The van der Waals surface area contributed by atoms with E-state index in [-0.39, 0.29) is 10.9 Å². The first-order valence-corrected chi connectivity index (χ1v) is 9.52. The van der Waals surface area contributed by atoms with Crippen molar-refractivity contribution < 1.29 is 8.42 Å². The lowest BCUT2D eigenvalue weighted by Gasteiger charge is -2.23. The maximum atomic E-state index is 12.8. The molecule has 3 rings (SSSR count). The van der Waals surface area contributed by atoms with E-state index in [1.165, 1.54) is 6.33 Å². The van der Waals surface area contributed by atoms with E-state index in [4.69, 9.17) is 11.6 Å². The Morgan fingerprint density at radius 2 is 1.96 bits per heavy atom. The average molecular weight is 354 g/mol. The molecule has 0 aliphatic carbocycles. The minimum atomic E-state index is -3.54. The van der Waals surface area contributed by atoms with Crippen LogP contribution >= 0.6 is 11.6 Å². The van der Waals surface area contributed by atoms with Gasteiger partial charge in [0.2, 0.25) is 0 Å². The van der Waals surface area contributed by atoms with Gasteiger partial charge in [0.15, 0.2) is 5.03 Å². The Hall–Kier alpha value is -1.37. The van der Waals surface area contributed by atoms with Gasteiger partial charge in [0.05, 0.1) is 6.33 Å². The number of rotatable bonds is 3. The van der Waals surface area contributed by atoms with Crippen LogP contribution in [0, 0.1) is 0 Å². The maximum absolute atomic E-state index is 12.8. The molecule has 124 valence electrons. The molecule has 1 aromatic heterocycles. The van der Waals surface area contributed by atoms with E-state index in [1.807, 2.05) is 24.3 Å². The number of hydrogen-bond acceptors (Lipinski definition) is 3. The van der Waals surface area contributed by atoms with Gasteiger partial charge in [-0.05, 0) is 36.5 Å². The molecule has 0 spiro atoms. The Bertz CT molecular complexity index is 771. The number of aromatic nitrogens is 2. The number of benzene rings is 1. The summed E-state index contributed by atoms with van der Waals surface area (Å²) in [7, 11) is -1.77. The predicted octanol–water partition coefficient (Wildman–Crippen LogP) is 3.03. The molecule has 0 radical (unpaired) electrons. The molecular formula is C16H20ClN3O2S. The second kappa shape index (κ2) is 6.63. The minimum absolute atomic E-state index is 0.122. The van der Waals surface area contributed by atoms with Gasteiger partial charge in [-0.2, -0.15) is 4.31 Å². The fourth-order valence-electron chi connectivity index (χ4n) is 2.99. The van der Waals surface area contributed by atoms with Crippen LogP contribution in [0.2, 0.25) is 5.02 Å². The van der Waals surface area contributed by atoms with Crippen LogP contribution in [0.15, 0.2) is 41.8 Å². The van der Waals surface area contributed by atoms with E-state index in [2.05, 4.69) is 4.98 Å². The second-order valence-electron chi connectivity index (χ2n) is 5.98. The van der Waals surface area contributed by atoms with Crippen molar-refractivity contribution in [2.45, 2.75) is 30.2 Å². The first-order valence-electron chi connectivity index (χ1n) is 7.70. The van der Waals surface area contributed by atoms with Gasteiger partial charge in [-0.1, -0.05) is 30.2 Å². The zero-order valence-corrected chi connectivity index (χ0v) is 14.6. The van der Waals surface area contributed by atoms with E-state index in [0.29, 0.717) is 18.1 Å². The van der Waals surface area contributed by atoms with Crippen LogP contribution in [0.3, 0.4) is 0 Å². The highest BCUT2D eigenvalue weighted by Crippen LogP contribution is 2.29. The first-order chi connectivity index (χ1) is 11.0. The number of imidazole rings is 1. The van der Waals surface area contributed by atoms with E-state index < -0.39 is 10.0 Å². The summed E-state index contributed by atoms with van der Waals surface area (Å²) in [6.45, 7) is 1.03. The molecule has 7 heteroatoms. The number of nitrogens with zero attached hydrogens (tertiary/aromatic N) is 3. The lowest BCUT2D eigenvalue weighted by atomic mass is 9.95. The number of halogens is 1. The van der Waals surface area contributed by atoms with Gasteiger partial charge in [0.25, 0.3) is 10.0 Å². The van der Waals surface area contributed by atoms with Gasteiger partial charge in [-0.25, -0.2) is 13.4 Å². The smallest absolute Gasteiger partial charge is 0.262 e. The first kappa shape index (κ1) is 16.5. The lowest BCUT2D eigenvalue weighted by molar-refractivity contribution is 0.404. The molecule has 1 aliphatic heterocycles. The van der Waals surface area contributed by atoms with Crippen LogP contribution in [0.5, 0.6) is 0 Å². The summed E-state index contributed by atoms with van der Waals surface area (Å²) < 4.78 is 28.9. The zero-order chi connectivity index (χ0) is 16.4. The Morgan fingerprint density at radius 1 is 1.22 bits per heavy atom. The van der Waals surface area contributed by atoms with Crippen molar-refractivity contribution in [2.75, 3.05) is 13.1 Å². The molecule has 23 heavy (non-hydrogen) atoms. The summed E-state index contributed by atoms with van der Waals surface area (Å²) in [6.07, 6.45) is 5.94. The van der Waals surface area contributed by atoms with Gasteiger partial charge in [-0.3, -0.25) is 0 Å². The van der Waals surface area contributed by atoms with Gasteiger partial charge in [0.1, 0.15) is 0 Å². The maximum Gasteiger partial charge on any atom is 0.262 e. The van der Waals surface area contributed by atoms with Gasteiger partial charge < -0.3 is 4.57 Å². The Kier molecular flexibility index (Phi) is 4.75. The molecule has 1 aliphatic rings. The highest BCUT2D eigenvalue weighted by molar-refractivity contribution is 7.89.